The van der Waals surface area contributed by atoms with E-state index in [4.69, 9.17) is 18.9 Å². The van der Waals surface area contributed by atoms with Gasteiger partial charge in [-0.25, -0.2) is 14.4 Å². The van der Waals surface area contributed by atoms with Crippen molar-refractivity contribution in [1.29, 1.82) is 0 Å². The second kappa shape index (κ2) is 19.6. The average molecular weight is 669 g/mol. The van der Waals surface area contributed by atoms with Crippen LogP contribution in [0.5, 0.6) is 0 Å². The molecule has 4 aromatic rings. The first-order valence-electron chi connectivity index (χ1n) is 16.3. The number of allylic oxidation sites excluding steroid dienone is 4. The summed E-state index contributed by atoms with van der Waals surface area (Å²) in [7, 11) is 0. The van der Waals surface area contributed by atoms with E-state index >= 15 is 0 Å². The molecule has 0 spiro atoms. The molecule has 4 aromatic carbocycles. The van der Waals surface area contributed by atoms with Crippen molar-refractivity contribution in [1.82, 2.24) is 0 Å². The average Bonchev–Trinajstić information content (AvgIpc) is 3.15. The van der Waals surface area contributed by atoms with Gasteiger partial charge in [0.25, 0.3) is 0 Å². The summed E-state index contributed by atoms with van der Waals surface area (Å²) < 4.78 is 21.5. The molecule has 0 saturated carbocycles. The van der Waals surface area contributed by atoms with Gasteiger partial charge in [0.15, 0.2) is 0 Å². The third-order valence-electron chi connectivity index (χ3n) is 7.28. The van der Waals surface area contributed by atoms with Crippen molar-refractivity contribution >= 4 is 29.1 Å². The molecule has 0 aliphatic rings. The van der Waals surface area contributed by atoms with E-state index < -0.39 is 17.9 Å². The summed E-state index contributed by atoms with van der Waals surface area (Å²) in [5.74, 6) is -2.32. The third kappa shape index (κ3) is 10.7. The Morgan fingerprint density at radius 3 is 1.14 bits per heavy atom. The van der Waals surface area contributed by atoms with Crippen LogP contribution in [-0.4, -0.2) is 44.3 Å². The number of esters is 3. The third-order valence-corrected chi connectivity index (χ3v) is 7.28. The lowest BCUT2D eigenvalue weighted by atomic mass is 9.97. The van der Waals surface area contributed by atoms with Crippen molar-refractivity contribution in [3.63, 3.8) is 0 Å². The molecule has 0 heterocycles. The number of carbonyl (C=O) groups is 3. The first-order valence-corrected chi connectivity index (χ1v) is 16.3. The van der Waals surface area contributed by atoms with Crippen molar-refractivity contribution in [2.24, 2.45) is 0 Å². The second-order valence-electron chi connectivity index (χ2n) is 10.6. The standard InChI is InChI=1S/C43H40O7/c1-4-47-32(3)37(26-27-38(33-18-10-6-11-19-33)34-20-12-7-13-21-34)41(44)49-30-31-50-43(46)40(42(45)48-5-2)29-28-39(35-22-14-8-15-23-35)36-24-16-9-17-25-36/h6-29H,3-5,30-31H2,1-2H3/b37-26-,40-29-. The molecular weight excluding hydrogens is 628 g/mol. The Labute approximate surface area is 293 Å². The van der Waals surface area contributed by atoms with Crippen LogP contribution >= 0.6 is 0 Å². The van der Waals surface area contributed by atoms with Crippen LogP contribution in [0.25, 0.3) is 11.1 Å². The summed E-state index contributed by atoms with van der Waals surface area (Å²) in [5.41, 5.74) is 5.18. The van der Waals surface area contributed by atoms with Gasteiger partial charge < -0.3 is 18.9 Å². The molecule has 0 aliphatic heterocycles. The first kappa shape index (κ1) is 36.6. The summed E-state index contributed by atoms with van der Waals surface area (Å²) in [6.07, 6.45) is 6.49. The van der Waals surface area contributed by atoms with Crippen LogP contribution in [0.1, 0.15) is 36.1 Å². The maximum absolute atomic E-state index is 13.3. The number of hydrogen-bond acceptors (Lipinski definition) is 7. The largest absolute Gasteiger partial charge is 0.494 e. The molecule has 254 valence electrons. The number of benzene rings is 4. The van der Waals surface area contributed by atoms with Crippen LogP contribution < -0.4 is 0 Å². The summed E-state index contributed by atoms with van der Waals surface area (Å²) in [4.78, 5) is 39.2. The minimum absolute atomic E-state index is 0.0680. The van der Waals surface area contributed by atoms with Crippen molar-refractivity contribution < 1.29 is 33.3 Å². The fourth-order valence-electron chi connectivity index (χ4n) is 4.90. The maximum atomic E-state index is 13.3. The van der Waals surface area contributed by atoms with Gasteiger partial charge in [-0.3, -0.25) is 0 Å². The minimum atomic E-state index is -0.913. The fourth-order valence-corrected chi connectivity index (χ4v) is 4.90. The Morgan fingerprint density at radius 2 is 0.780 bits per heavy atom. The van der Waals surface area contributed by atoms with Crippen LogP contribution in [0.4, 0.5) is 0 Å². The molecule has 0 atom stereocenters. The van der Waals surface area contributed by atoms with Gasteiger partial charge >= 0.3 is 17.9 Å². The quantitative estimate of drug-likeness (QED) is 0.0174. The van der Waals surface area contributed by atoms with Crippen LogP contribution in [-0.2, 0) is 33.3 Å². The zero-order valence-electron chi connectivity index (χ0n) is 28.2. The topological polar surface area (TPSA) is 88.1 Å². The monoisotopic (exact) mass is 668 g/mol. The number of hydrogen-bond donors (Lipinski definition) is 0. The number of carbonyl (C=O) groups excluding carboxylic acids is 3. The molecule has 7 nitrogen and oxygen atoms in total. The molecule has 0 N–H and O–H groups in total. The van der Waals surface area contributed by atoms with E-state index in [-0.39, 0.29) is 36.7 Å². The predicted octanol–water partition coefficient (Wildman–Crippen LogP) is 8.30. The molecule has 0 saturated heterocycles. The molecular formula is C43H40O7. The normalized spacial score (nSPS) is 11.1. The van der Waals surface area contributed by atoms with E-state index in [9.17, 15) is 14.4 Å². The van der Waals surface area contributed by atoms with Crippen LogP contribution in [0.2, 0.25) is 0 Å². The first-order chi connectivity index (χ1) is 24.4. The van der Waals surface area contributed by atoms with Crippen LogP contribution in [0.3, 0.4) is 0 Å². The van der Waals surface area contributed by atoms with E-state index in [1.165, 1.54) is 6.08 Å². The lowest BCUT2D eigenvalue weighted by Gasteiger charge is -2.13. The molecule has 0 bridgehead atoms. The van der Waals surface area contributed by atoms with Crippen molar-refractivity contribution in [2.75, 3.05) is 26.4 Å². The highest BCUT2D eigenvalue weighted by Crippen LogP contribution is 2.25. The zero-order valence-corrected chi connectivity index (χ0v) is 28.2. The lowest BCUT2D eigenvalue weighted by Crippen LogP contribution is -2.21. The Balaban J connectivity index is 1.51. The van der Waals surface area contributed by atoms with E-state index in [0.29, 0.717) is 6.61 Å². The summed E-state index contributed by atoms with van der Waals surface area (Å²) in [5, 5.41) is 0. The van der Waals surface area contributed by atoms with Gasteiger partial charge in [0.05, 0.1) is 13.2 Å². The smallest absolute Gasteiger partial charge is 0.345 e. The highest BCUT2D eigenvalue weighted by molar-refractivity contribution is 6.14. The van der Waals surface area contributed by atoms with Gasteiger partial charge in [0, 0.05) is 0 Å². The molecule has 0 fully saturated rings. The second-order valence-corrected chi connectivity index (χ2v) is 10.6. The maximum Gasteiger partial charge on any atom is 0.345 e. The molecule has 0 radical (unpaired) electrons. The molecule has 0 aliphatic carbocycles. The van der Waals surface area contributed by atoms with Gasteiger partial charge in [0.1, 0.15) is 30.1 Å². The van der Waals surface area contributed by atoms with Crippen molar-refractivity contribution in [3.8, 4) is 0 Å². The van der Waals surface area contributed by atoms with Gasteiger partial charge in [0.2, 0.25) is 0 Å². The molecule has 50 heavy (non-hydrogen) atoms. The molecule has 0 aromatic heterocycles. The SMILES string of the molecule is C=C(OCC)/C(=C/C=C(c1ccccc1)c1ccccc1)C(=O)OCCOC(=O)/C(=C\C=C(c1ccccc1)c1ccccc1)C(=O)OCC. The van der Waals surface area contributed by atoms with Crippen LogP contribution in [0.15, 0.2) is 169 Å². The molecule has 4 rings (SSSR count). The predicted molar refractivity (Wildman–Crippen MR) is 195 cm³/mol. The van der Waals surface area contributed by atoms with Gasteiger partial charge in [-0.2, -0.15) is 0 Å². The van der Waals surface area contributed by atoms with Crippen molar-refractivity contribution in [3.05, 3.63) is 191 Å². The molecule has 0 amide bonds. The van der Waals surface area contributed by atoms with Gasteiger partial charge in [-0.05, 0) is 59.4 Å². The van der Waals surface area contributed by atoms with Crippen molar-refractivity contribution in [2.45, 2.75) is 13.8 Å². The van der Waals surface area contributed by atoms with E-state index in [1.54, 1.807) is 26.0 Å². The summed E-state index contributed by atoms with van der Waals surface area (Å²) in [6, 6.07) is 38.7. The zero-order chi connectivity index (χ0) is 35.6. The van der Waals surface area contributed by atoms with E-state index in [1.807, 2.05) is 127 Å². The molecule has 0 unspecified atom stereocenters. The lowest BCUT2D eigenvalue weighted by molar-refractivity contribution is -0.151. The van der Waals surface area contributed by atoms with Crippen LogP contribution in [0, 0.1) is 0 Å². The summed E-state index contributed by atoms with van der Waals surface area (Å²) >= 11 is 0. The Hall–Kier alpha value is -6.21. The van der Waals surface area contributed by atoms with Gasteiger partial charge in [-0.15, -0.1) is 0 Å². The number of ether oxygens (including phenoxy) is 4. The number of rotatable bonds is 16. The minimum Gasteiger partial charge on any atom is -0.494 e. The molecule has 7 heteroatoms. The summed E-state index contributed by atoms with van der Waals surface area (Å²) in [6.45, 7) is 7.13. The Morgan fingerprint density at radius 1 is 0.460 bits per heavy atom. The Bertz CT molecular complexity index is 1630. The Kier molecular flexibility index (Phi) is 14.3. The fraction of sp³-hybridized carbons (Fsp3) is 0.140. The van der Waals surface area contributed by atoms with E-state index in [0.717, 1.165) is 33.4 Å². The highest BCUT2D eigenvalue weighted by atomic mass is 16.6. The van der Waals surface area contributed by atoms with E-state index in [2.05, 4.69) is 6.58 Å². The van der Waals surface area contributed by atoms with Gasteiger partial charge in [-0.1, -0.05) is 140 Å². The highest BCUT2D eigenvalue weighted by Gasteiger charge is 2.22.